The zero-order chi connectivity index (χ0) is 28.8. The fraction of sp³-hybridized carbons (Fsp3) is 0.559. The number of hydrogen-bond donors (Lipinski definition) is 1. The molecular weight excluding hydrogens is 558 g/mol. The van der Waals surface area contributed by atoms with E-state index in [9.17, 15) is 9.59 Å². The molecule has 43 heavy (non-hydrogen) atoms. The molecule has 0 spiro atoms. The highest BCUT2D eigenvalue weighted by molar-refractivity contribution is 7.59. The van der Waals surface area contributed by atoms with E-state index in [4.69, 9.17) is 10.5 Å². The lowest BCUT2D eigenvalue weighted by Crippen LogP contribution is -2.55. The molecular formula is C34H51N5O3S. The molecule has 2 N–H and O–H groups in total. The highest BCUT2D eigenvalue weighted by Gasteiger charge is 2.36. The minimum absolute atomic E-state index is 0. The first-order valence-electron chi connectivity index (χ1n) is 15.4. The molecule has 2 aromatic carbocycles. The topological polar surface area (TPSA) is 91.5 Å². The van der Waals surface area contributed by atoms with Crippen LogP contribution in [0.5, 0.6) is 11.5 Å². The average Bonchev–Trinajstić information content (AvgIpc) is 3.01. The predicted molar refractivity (Wildman–Crippen MR) is 179 cm³/mol. The van der Waals surface area contributed by atoms with Gasteiger partial charge < -0.3 is 25.2 Å². The molecule has 1 aliphatic heterocycles. The lowest BCUT2D eigenvalue weighted by atomic mass is 9.93. The van der Waals surface area contributed by atoms with Crippen molar-refractivity contribution in [2.24, 2.45) is 10.7 Å². The highest BCUT2D eigenvalue weighted by atomic mass is 32.1. The summed E-state index contributed by atoms with van der Waals surface area (Å²) in [6.07, 6.45) is 12.0. The van der Waals surface area contributed by atoms with Crippen molar-refractivity contribution in [3.8, 4) is 11.5 Å². The number of benzene rings is 2. The Morgan fingerprint density at radius 3 is 2.14 bits per heavy atom. The van der Waals surface area contributed by atoms with Gasteiger partial charge in [0.25, 0.3) is 0 Å². The summed E-state index contributed by atoms with van der Waals surface area (Å²) in [5.74, 6) is 1.89. The third-order valence-corrected chi connectivity index (χ3v) is 9.18. The summed E-state index contributed by atoms with van der Waals surface area (Å²) in [4.78, 5) is 37.9. The summed E-state index contributed by atoms with van der Waals surface area (Å²) in [7, 11) is 3.84. The Balaban J connectivity index is 0.00000253. The number of hydrogen-bond acceptors (Lipinski definition) is 6. The summed E-state index contributed by atoms with van der Waals surface area (Å²) in [5, 5.41) is 0. The van der Waals surface area contributed by atoms with Gasteiger partial charge in [-0.3, -0.25) is 9.59 Å². The minimum atomic E-state index is -0.568. The number of para-hydroxylation sites is 1. The molecule has 0 unspecified atom stereocenters. The molecule has 0 bridgehead atoms. The Morgan fingerprint density at radius 2 is 1.51 bits per heavy atom. The van der Waals surface area contributed by atoms with E-state index in [1.165, 1.54) is 25.7 Å². The van der Waals surface area contributed by atoms with Crippen molar-refractivity contribution in [2.75, 3.05) is 14.1 Å². The summed E-state index contributed by atoms with van der Waals surface area (Å²) in [6.45, 7) is 0.429. The van der Waals surface area contributed by atoms with Gasteiger partial charge in [-0.1, -0.05) is 64.2 Å². The molecule has 1 atom stereocenters. The van der Waals surface area contributed by atoms with Crippen LogP contribution >= 0.6 is 13.5 Å². The largest absolute Gasteiger partial charge is 0.457 e. The van der Waals surface area contributed by atoms with Crippen LogP contribution in [-0.4, -0.2) is 64.7 Å². The molecule has 8 nitrogen and oxygen atoms in total. The van der Waals surface area contributed by atoms with Crippen LogP contribution in [0.25, 0.3) is 0 Å². The molecule has 2 fully saturated rings. The van der Waals surface area contributed by atoms with Crippen molar-refractivity contribution in [1.29, 1.82) is 0 Å². The van der Waals surface area contributed by atoms with Crippen LogP contribution in [0.15, 0.2) is 53.5 Å². The van der Waals surface area contributed by atoms with Gasteiger partial charge in [-0.25, -0.2) is 4.99 Å². The highest BCUT2D eigenvalue weighted by Crippen LogP contribution is 2.33. The third-order valence-electron chi connectivity index (χ3n) is 9.18. The maximum Gasteiger partial charge on any atom is 0.245 e. The molecule has 2 amide bonds. The summed E-state index contributed by atoms with van der Waals surface area (Å²) in [5.41, 5.74) is 8.25. The first-order chi connectivity index (χ1) is 19.9. The van der Waals surface area contributed by atoms with E-state index in [0.717, 1.165) is 55.5 Å². The fourth-order valence-electron chi connectivity index (χ4n) is 6.61. The van der Waals surface area contributed by atoms with Gasteiger partial charge in [0.15, 0.2) is 5.96 Å². The zero-order valence-electron chi connectivity index (χ0n) is 25.1. The van der Waals surface area contributed by atoms with Crippen molar-refractivity contribution in [3.05, 3.63) is 54.1 Å². The predicted octanol–water partition coefficient (Wildman–Crippen LogP) is 6.72. The molecule has 1 heterocycles. The first-order valence-corrected chi connectivity index (χ1v) is 15.4. The molecule has 2 aliphatic carbocycles. The number of amides is 2. The first kappa shape index (κ1) is 34.3. The lowest BCUT2D eigenvalue weighted by molar-refractivity contribution is -0.138. The molecule has 3 aliphatic rings. The van der Waals surface area contributed by atoms with Crippen LogP contribution in [0, 0.1) is 0 Å². The Hall–Kier alpha value is -3.20. The van der Waals surface area contributed by atoms with Crippen molar-refractivity contribution >= 4 is 37.0 Å². The number of fused-ring (bicyclic) bond motifs is 1. The van der Waals surface area contributed by atoms with E-state index < -0.39 is 6.04 Å². The quantitative estimate of drug-likeness (QED) is 0.341. The van der Waals surface area contributed by atoms with Gasteiger partial charge in [0.05, 0.1) is 5.69 Å². The Kier molecular flexibility index (Phi) is 12.8. The number of guanidine groups is 1. The molecule has 2 aromatic rings. The van der Waals surface area contributed by atoms with Gasteiger partial charge in [0, 0.05) is 44.7 Å². The molecule has 236 valence electrons. The number of aliphatic imine (C=N–C) groups is 1. The molecule has 5 rings (SSSR count). The average molecular weight is 610 g/mol. The van der Waals surface area contributed by atoms with Crippen LogP contribution in [0.4, 0.5) is 5.69 Å². The van der Waals surface area contributed by atoms with Crippen LogP contribution in [0.1, 0.15) is 90.0 Å². The normalized spacial score (nSPS) is 17.8. The number of nitrogens with two attached hydrogens (primary N) is 1. The second-order valence-electron chi connectivity index (χ2n) is 11.9. The zero-order valence-corrected chi connectivity index (χ0v) is 26.1. The summed E-state index contributed by atoms with van der Waals surface area (Å²) in [6, 6.07) is 15.4. The maximum absolute atomic E-state index is 14.1. The van der Waals surface area contributed by atoms with E-state index in [1.807, 2.05) is 77.3 Å². The minimum Gasteiger partial charge on any atom is -0.457 e. The molecule has 2 saturated carbocycles. The Bertz CT molecular complexity index is 1230. The van der Waals surface area contributed by atoms with E-state index >= 15 is 0 Å². The van der Waals surface area contributed by atoms with Gasteiger partial charge in [0.1, 0.15) is 17.5 Å². The monoisotopic (exact) mass is 609 g/mol. The van der Waals surface area contributed by atoms with Crippen LogP contribution < -0.4 is 10.5 Å². The third kappa shape index (κ3) is 8.46. The van der Waals surface area contributed by atoms with Crippen LogP contribution in [0.3, 0.4) is 0 Å². The van der Waals surface area contributed by atoms with E-state index in [0.29, 0.717) is 37.1 Å². The number of carbonyl (C=O) groups excluding carboxylic acids is 2. The smallest absolute Gasteiger partial charge is 0.245 e. The number of nitrogens with zero attached hydrogens (tertiary/aromatic N) is 4. The summed E-state index contributed by atoms with van der Waals surface area (Å²) < 4.78 is 6.07. The van der Waals surface area contributed by atoms with Gasteiger partial charge in [-0.2, -0.15) is 13.5 Å². The second kappa shape index (κ2) is 16.0. The van der Waals surface area contributed by atoms with Crippen molar-refractivity contribution < 1.29 is 14.3 Å². The van der Waals surface area contributed by atoms with E-state index in [-0.39, 0.29) is 38.8 Å². The Morgan fingerprint density at radius 1 is 0.907 bits per heavy atom. The maximum atomic E-state index is 14.1. The van der Waals surface area contributed by atoms with E-state index in [1.54, 1.807) is 0 Å². The Labute approximate surface area is 265 Å². The van der Waals surface area contributed by atoms with Gasteiger partial charge in [-0.15, -0.1) is 0 Å². The molecule has 0 radical (unpaired) electrons. The number of carbonyl (C=O) groups is 2. The van der Waals surface area contributed by atoms with E-state index in [2.05, 4.69) is 4.99 Å². The standard InChI is InChI=1S/C33H45N5O3.CH4.H2S/c1-36(25-12-6-3-7-13-25)31(39)21-20-30(32(40)37(2)26-14-8-4-9-15-26)38-23-24-22-28(18-19-29(24)35-33(38)34)41-27-16-10-5-11-17-27;;/h5,10-11,16-19,22,25-26,30H,3-4,6-9,12-15,20-21,23H2,1-2H3,(H2,34,35);1H4;1H2/t30-;;/m0../s1. The van der Waals surface area contributed by atoms with Crippen molar-refractivity contribution in [2.45, 2.75) is 109 Å². The van der Waals surface area contributed by atoms with Crippen LogP contribution in [0.2, 0.25) is 0 Å². The SMILES string of the molecule is C.CN(C(=O)CC[C@@H](C(=O)N(C)C1CCCCC1)N1Cc2cc(Oc3ccccc3)ccc2N=C1N)C1CCCCC1.S. The molecule has 0 saturated heterocycles. The van der Waals surface area contributed by atoms with Gasteiger partial charge in [0.2, 0.25) is 11.8 Å². The van der Waals surface area contributed by atoms with Gasteiger partial charge >= 0.3 is 0 Å². The number of ether oxygens (including phenoxy) is 1. The van der Waals surface area contributed by atoms with Crippen LogP contribution in [-0.2, 0) is 16.1 Å². The van der Waals surface area contributed by atoms with Crippen molar-refractivity contribution in [3.63, 3.8) is 0 Å². The number of rotatable bonds is 9. The lowest BCUT2D eigenvalue weighted by Gasteiger charge is -2.39. The number of likely N-dealkylation sites (N-methyl/N-ethyl adjacent to an activating group) is 1. The van der Waals surface area contributed by atoms with Gasteiger partial charge in [-0.05, 0) is 62.4 Å². The summed E-state index contributed by atoms with van der Waals surface area (Å²) >= 11 is 0. The van der Waals surface area contributed by atoms with Crippen molar-refractivity contribution in [1.82, 2.24) is 14.7 Å². The second-order valence-corrected chi connectivity index (χ2v) is 11.9. The molecule has 0 aromatic heterocycles. The molecule has 9 heteroatoms. The fourth-order valence-corrected chi connectivity index (χ4v) is 6.61.